The van der Waals surface area contributed by atoms with Gasteiger partial charge in [-0.25, -0.2) is 4.79 Å². The lowest BCUT2D eigenvalue weighted by molar-refractivity contribution is -0.143. The number of fused-ring (bicyclic) bond motifs is 3. The van der Waals surface area contributed by atoms with Gasteiger partial charge in [-0.3, -0.25) is 9.59 Å². The summed E-state index contributed by atoms with van der Waals surface area (Å²) >= 11 is 0. The van der Waals surface area contributed by atoms with Crippen molar-refractivity contribution in [1.82, 2.24) is 10.6 Å². The predicted octanol–water partition coefficient (Wildman–Crippen LogP) is 4.45. The normalized spacial score (nSPS) is 22.3. The standard InChI is InChI=1S/C28H32N2O5/c31-26(29-19-10-6-9-18(15-19)27(32)33)25(17-7-5-8-17)30-28(34)35-16-24-22-13-3-1-11-20(22)21-12-2-4-14-23(21)24/h1-4,11-14,17-19,24-25H,5-10,15-16H2,(H,29,31)(H,30,34)(H,32,33). The average Bonchev–Trinajstić information content (AvgIpc) is 3.15. The van der Waals surface area contributed by atoms with Crippen LogP contribution in [0, 0.1) is 11.8 Å². The first-order valence-corrected chi connectivity index (χ1v) is 12.7. The van der Waals surface area contributed by atoms with Gasteiger partial charge in [0.25, 0.3) is 0 Å². The zero-order chi connectivity index (χ0) is 24.4. The van der Waals surface area contributed by atoms with Crippen molar-refractivity contribution < 1.29 is 24.2 Å². The molecule has 0 aliphatic heterocycles. The van der Waals surface area contributed by atoms with E-state index in [2.05, 4.69) is 34.9 Å². The van der Waals surface area contributed by atoms with Crippen LogP contribution in [0.15, 0.2) is 48.5 Å². The maximum Gasteiger partial charge on any atom is 0.407 e. The predicted molar refractivity (Wildman–Crippen MR) is 131 cm³/mol. The summed E-state index contributed by atoms with van der Waals surface area (Å²) in [7, 11) is 0. The number of carboxylic acid groups (broad SMARTS) is 1. The van der Waals surface area contributed by atoms with Crippen molar-refractivity contribution in [2.75, 3.05) is 6.61 Å². The summed E-state index contributed by atoms with van der Waals surface area (Å²) in [6.07, 6.45) is 4.81. The molecule has 2 fully saturated rings. The number of carboxylic acids is 1. The molecule has 3 aliphatic carbocycles. The van der Waals surface area contributed by atoms with E-state index in [1.807, 2.05) is 24.3 Å². The topological polar surface area (TPSA) is 105 Å². The Morgan fingerprint density at radius 3 is 2.14 bits per heavy atom. The van der Waals surface area contributed by atoms with E-state index in [4.69, 9.17) is 4.74 Å². The summed E-state index contributed by atoms with van der Waals surface area (Å²) in [5.41, 5.74) is 4.60. The maximum absolute atomic E-state index is 13.1. The minimum Gasteiger partial charge on any atom is -0.481 e. The van der Waals surface area contributed by atoms with Crippen LogP contribution in [-0.4, -0.2) is 41.8 Å². The molecule has 2 aromatic rings. The van der Waals surface area contributed by atoms with Gasteiger partial charge in [-0.2, -0.15) is 0 Å². The molecule has 0 radical (unpaired) electrons. The minimum atomic E-state index is -0.809. The van der Waals surface area contributed by atoms with E-state index < -0.39 is 24.0 Å². The third kappa shape index (κ3) is 4.90. The molecule has 2 amide bonds. The maximum atomic E-state index is 13.1. The van der Waals surface area contributed by atoms with Gasteiger partial charge in [0.2, 0.25) is 5.91 Å². The van der Waals surface area contributed by atoms with Crippen molar-refractivity contribution in [2.24, 2.45) is 11.8 Å². The summed E-state index contributed by atoms with van der Waals surface area (Å²) in [6.45, 7) is 0.196. The third-order valence-electron chi connectivity index (χ3n) is 7.89. The van der Waals surface area contributed by atoms with E-state index in [1.165, 1.54) is 0 Å². The van der Waals surface area contributed by atoms with Gasteiger partial charge in [0.05, 0.1) is 5.92 Å². The number of ether oxygens (including phenoxy) is 1. The lowest BCUT2D eigenvalue weighted by Crippen LogP contribution is -2.55. The molecular formula is C28H32N2O5. The monoisotopic (exact) mass is 476 g/mol. The van der Waals surface area contributed by atoms with Crippen LogP contribution < -0.4 is 10.6 Å². The molecule has 3 N–H and O–H groups in total. The van der Waals surface area contributed by atoms with Crippen LogP contribution in [0.3, 0.4) is 0 Å². The lowest BCUT2D eigenvalue weighted by atomic mass is 9.79. The molecule has 0 aromatic heterocycles. The Morgan fingerprint density at radius 2 is 1.54 bits per heavy atom. The van der Waals surface area contributed by atoms with Crippen LogP contribution in [-0.2, 0) is 14.3 Å². The van der Waals surface area contributed by atoms with Gasteiger partial charge in [0, 0.05) is 12.0 Å². The summed E-state index contributed by atoms with van der Waals surface area (Å²) in [5.74, 6) is -1.43. The number of amides is 2. The number of benzene rings is 2. The van der Waals surface area contributed by atoms with Crippen molar-refractivity contribution in [3.8, 4) is 11.1 Å². The molecular weight excluding hydrogens is 444 g/mol. The highest BCUT2D eigenvalue weighted by molar-refractivity contribution is 5.86. The Bertz CT molecular complexity index is 1070. The zero-order valence-electron chi connectivity index (χ0n) is 19.7. The average molecular weight is 477 g/mol. The molecule has 3 unspecified atom stereocenters. The van der Waals surface area contributed by atoms with E-state index in [1.54, 1.807) is 0 Å². The summed E-state index contributed by atoms with van der Waals surface area (Å²) in [4.78, 5) is 37.3. The van der Waals surface area contributed by atoms with Crippen LogP contribution in [0.2, 0.25) is 0 Å². The largest absolute Gasteiger partial charge is 0.481 e. The van der Waals surface area contributed by atoms with Gasteiger partial charge >= 0.3 is 12.1 Å². The number of rotatable bonds is 7. The number of carbonyl (C=O) groups is 3. The van der Waals surface area contributed by atoms with Crippen LogP contribution >= 0.6 is 0 Å². The molecule has 3 atom stereocenters. The molecule has 0 heterocycles. The fraction of sp³-hybridized carbons (Fsp3) is 0.464. The van der Waals surface area contributed by atoms with E-state index in [-0.39, 0.29) is 30.4 Å². The molecule has 2 saturated carbocycles. The SMILES string of the molecule is O=C(NC(C(=O)NC1CCCC(C(=O)O)C1)C1CCC1)OCC1c2ccccc2-c2ccccc21. The molecule has 35 heavy (non-hydrogen) atoms. The quantitative estimate of drug-likeness (QED) is 0.548. The Morgan fingerprint density at radius 1 is 0.914 bits per heavy atom. The van der Waals surface area contributed by atoms with Gasteiger partial charge in [0.15, 0.2) is 0 Å². The van der Waals surface area contributed by atoms with Crippen LogP contribution in [0.25, 0.3) is 11.1 Å². The smallest absolute Gasteiger partial charge is 0.407 e. The first-order chi connectivity index (χ1) is 17.0. The van der Waals surface area contributed by atoms with Gasteiger partial charge in [0.1, 0.15) is 12.6 Å². The first kappa shape index (κ1) is 23.4. The number of aliphatic carboxylic acids is 1. The highest BCUT2D eigenvalue weighted by atomic mass is 16.5. The van der Waals surface area contributed by atoms with Crippen molar-refractivity contribution in [3.63, 3.8) is 0 Å². The number of alkyl carbamates (subject to hydrolysis) is 1. The van der Waals surface area contributed by atoms with Gasteiger partial charge in [-0.1, -0.05) is 61.4 Å². The molecule has 0 spiro atoms. The molecule has 3 aliphatic rings. The van der Waals surface area contributed by atoms with E-state index in [9.17, 15) is 19.5 Å². The lowest BCUT2D eigenvalue weighted by Gasteiger charge is -2.35. The summed E-state index contributed by atoms with van der Waals surface area (Å²) < 4.78 is 5.67. The second-order valence-corrected chi connectivity index (χ2v) is 10.0. The highest BCUT2D eigenvalue weighted by Gasteiger charge is 2.37. The number of carbonyl (C=O) groups excluding carboxylic acids is 2. The third-order valence-corrected chi connectivity index (χ3v) is 7.89. The molecule has 7 heteroatoms. The Kier molecular flexibility index (Phi) is 6.75. The van der Waals surface area contributed by atoms with Gasteiger partial charge < -0.3 is 20.5 Å². The van der Waals surface area contributed by atoms with E-state index in [0.717, 1.165) is 54.4 Å². The molecule has 7 nitrogen and oxygen atoms in total. The van der Waals surface area contributed by atoms with Gasteiger partial charge in [-0.05, 0) is 60.3 Å². The Labute approximate surface area is 205 Å². The second-order valence-electron chi connectivity index (χ2n) is 10.0. The first-order valence-electron chi connectivity index (χ1n) is 12.7. The number of nitrogens with one attached hydrogen (secondary N) is 2. The van der Waals surface area contributed by atoms with Crippen molar-refractivity contribution in [3.05, 3.63) is 59.7 Å². The van der Waals surface area contributed by atoms with Crippen LogP contribution in [0.1, 0.15) is 62.0 Å². The minimum absolute atomic E-state index is 0.0423. The Balaban J connectivity index is 1.21. The summed E-state index contributed by atoms with van der Waals surface area (Å²) in [5, 5.41) is 15.2. The number of hydrogen-bond acceptors (Lipinski definition) is 4. The van der Waals surface area contributed by atoms with Crippen LogP contribution in [0.5, 0.6) is 0 Å². The van der Waals surface area contributed by atoms with Crippen molar-refractivity contribution in [2.45, 2.75) is 62.9 Å². The van der Waals surface area contributed by atoms with Crippen LogP contribution in [0.4, 0.5) is 4.79 Å². The van der Waals surface area contributed by atoms with Crippen molar-refractivity contribution in [1.29, 1.82) is 0 Å². The molecule has 0 bridgehead atoms. The van der Waals surface area contributed by atoms with Crippen molar-refractivity contribution >= 4 is 18.0 Å². The number of hydrogen-bond donors (Lipinski definition) is 3. The summed E-state index contributed by atoms with van der Waals surface area (Å²) in [6, 6.07) is 15.5. The van der Waals surface area contributed by atoms with E-state index in [0.29, 0.717) is 12.8 Å². The highest BCUT2D eigenvalue weighted by Crippen LogP contribution is 2.44. The van der Waals surface area contributed by atoms with Gasteiger partial charge in [-0.15, -0.1) is 0 Å². The molecule has 0 saturated heterocycles. The van der Waals surface area contributed by atoms with E-state index >= 15 is 0 Å². The fourth-order valence-electron chi connectivity index (χ4n) is 5.77. The molecule has 184 valence electrons. The Hall–Kier alpha value is -3.35. The zero-order valence-corrected chi connectivity index (χ0v) is 19.7. The molecule has 2 aromatic carbocycles. The fourth-order valence-corrected chi connectivity index (χ4v) is 5.77. The second kappa shape index (κ2) is 10.1. The molecule has 5 rings (SSSR count).